The Kier molecular flexibility index (Phi) is 23.9. The molecule has 1 aromatic heterocycles. The molecule has 0 fully saturated rings. The number of aromatic nitrogens is 2. The molecule has 0 aliphatic heterocycles. The third-order valence-corrected chi connectivity index (χ3v) is 8.10. The topological polar surface area (TPSA) is 8.81 Å². The predicted octanol–water partition coefficient (Wildman–Crippen LogP) is 11.1. The molecule has 0 N–H and O–H groups in total. The Hall–Kier alpha value is -0.790. The zero-order valence-corrected chi connectivity index (χ0v) is 25.3. The Labute approximate surface area is 228 Å². The molecule has 1 heterocycles. The van der Waals surface area contributed by atoms with E-state index >= 15 is 0 Å². The Morgan fingerprint density at radius 3 is 1.33 bits per heavy atom. The zero-order valence-electron chi connectivity index (χ0n) is 25.3. The van der Waals surface area contributed by atoms with Crippen molar-refractivity contribution in [3.05, 3.63) is 18.2 Å². The van der Waals surface area contributed by atoms with E-state index in [0.29, 0.717) is 0 Å². The Morgan fingerprint density at radius 1 is 0.472 bits per heavy atom. The van der Waals surface area contributed by atoms with Crippen LogP contribution in [-0.2, 0) is 19.5 Å². The Morgan fingerprint density at radius 2 is 0.861 bits per heavy atom. The molecule has 0 saturated carbocycles. The van der Waals surface area contributed by atoms with Crippen molar-refractivity contribution in [2.45, 2.75) is 201 Å². The number of aryl methyl sites for hydroxylation is 2. The fraction of sp³-hybridized carbons (Fsp3) is 0.912. The van der Waals surface area contributed by atoms with Crippen LogP contribution >= 0.6 is 0 Å². The van der Waals surface area contributed by atoms with Crippen molar-refractivity contribution in [2.24, 2.45) is 0 Å². The van der Waals surface area contributed by atoms with Gasteiger partial charge in [0.05, 0.1) is 13.1 Å². The van der Waals surface area contributed by atoms with E-state index in [4.69, 9.17) is 0 Å². The standard InChI is InChI=1S/C34H67N2/c1-4-7-10-13-15-16-17-18-19-20-21-22-23-25-28-31-36-33-32-35(30-27-12-9-6-3)34(36)29-26-24-14-11-8-5-2/h32-33H,4-31H2,1-3H3/q+1. The normalized spacial score (nSPS) is 11.5. The largest absolute Gasteiger partial charge is 0.256 e. The average molecular weight is 504 g/mol. The highest BCUT2D eigenvalue weighted by atomic mass is 15.1. The molecule has 0 bridgehead atoms. The molecule has 0 spiro atoms. The molecule has 0 saturated heterocycles. The second kappa shape index (κ2) is 25.8. The minimum atomic E-state index is 1.22. The lowest BCUT2D eigenvalue weighted by atomic mass is 10.0. The maximum atomic E-state index is 2.61. The van der Waals surface area contributed by atoms with Crippen molar-refractivity contribution < 1.29 is 4.57 Å². The maximum absolute atomic E-state index is 2.61. The number of rotatable bonds is 28. The first kappa shape index (κ1) is 33.2. The van der Waals surface area contributed by atoms with Crippen LogP contribution in [0.3, 0.4) is 0 Å². The first-order valence-corrected chi connectivity index (χ1v) is 16.9. The van der Waals surface area contributed by atoms with Crippen LogP contribution in [0.25, 0.3) is 0 Å². The van der Waals surface area contributed by atoms with Gasteiger partial charge in [0.2, 0.25) is 0 Å². The van der Waals surface area contributed by atoms with Gasteiger partial charge in [-0.25, -0.2) is 9.13 Å². The number of imidazole rings is 1. The third kappa shape index (κ3) is 18.5. The van der Waals surface area contributed by atoms with Crippen molar-refractivity contribution >= 4 is 0 Å². The molecule has 1 rings (SSSR count). The van der Waals surface area contributed by atoms with Crippen LogP contribution in [0.15, 0.2) is 12.4 Å². The number of nitrogens with zero attached hydrogens (tertiary/aromatic N) is 2. The Balaban J connectivity index is 2.16. The van der Waals surface area contributed by atoms with Gasteiger partial charge in [-0.3, -0.25) is 0 Å². The van der Waals surface area contributed by atoms with Crippen molar-refractivity contribution in [1.29, 1.82) is 0 Å². The van der Waals surface area contributed by atoms with Gasteiger partial charge >= 0.3 is 0 Å². The van der Waals surface area contributed by atoms with Gasteiger partial charge in [0.1, 0.15) is 12.4 Å². The maximum Gasteiger partial charge on any atom is 0.256 e. The second-order valence-corrected chi connectivity index (χ2v) is 11.6. The summed E-state index contributed by atoms with van der Waals surface area (Å²) in [6, 6.07) is 0. The summed E-state index contributed by atoms with van der Waals surface area (Å²) < 4.78 is 5.20. The van der Waals surface area contributed by atoms with Crippen molar-refractivity contribution in [1.82, 2.24) is 4.57 Å². The molecular weight excluding hydrogens is 436 g/mol. The van der Waals surface area contributed by atoms with Gasteiger partial charge in [-0.05, 0) is 32.1 Å². The van der Waals surface area contributed by atoms with Gasteiger partial charge in [0.25, 0.3) is 5.82 Å². The van der Waals surface area contributed by atoms with Crippen LogP contribution in [0.2, 0.25) is 0 Å². The lowest BCUT2D eigenvalue weighted by Gasteiger charge is -2.07. The first-order valence-electron chi connectivity index (χ1n) is 16.9. The van der Waals surface area contributed by atoms with E-state index in [1.54, 1.807) is 5.82 Å². The van der Waals surface area contributed by atoms with Gasteiger partial charge < -0.3 is 0 Å². The number of unbranched alkanes of at least 4 members (excludes halogenated alkanes) is 22. The molecule has 0 aliphatic carbocycles. The molecule has 0 amide bonds. The van der Waals surface area contributed by atoms with Gasteiger partial charge in [-0.1, -0.05) is 149 Å². The van der Waals surface area contributed by atoms with E-state index in [-0.39, 0.29) is 0 Å². The van der Waals surface area contributed by atoms with Gasteiger partial charge in [0.15, 0.2) is 0 Å². The van der Waals surface area contributed by atoms with E-state index in [2.05, 4.69) is 42.3 Å². The minimum absolute atomic E-state index is 1.22. The van der Waals surface area contributed by atoms with Crippen LogP contribution in [0.4, 0.5) is 0 Å². The van der Waals surface area contributed by atoms with Crippen LogP contribution in [0, 0.1) is 0 Å². The molecule has 0 unspecified atom stereocenters. The molecule has 212 valence electrons. The smallest absolute Gasteiger partial charge is 0.234 e. The van der Waals surface area contributed by atoms with E-state index in [9.17, 15) is 0 Å². The fourth-order valence-electron chi connectivity index (χ4n) is 5.62. The highest BCUT2D eigenvalue weighted by molar-refractivity contribution is 4.84. The van der Waals surface area contributed by atoms with Crippen molar-refractivity contribution in [3.8, 4) is 0 Å². The summed E-state index contributed by atoms with van der Waals surface area (Å²) in [5.74, 6) is 1.60. The van der Waals surface area contributed by atoms with Gasteiger partial charge in [-0.15, -0.1) is 0 Å². The second-order valence-electron chi connectivity index (χ2n) is 11.6. The molecule has 2 nitrogen and oxygen atoms in total. The molecular formula is C34H67N2+. The highest BCUT2D eigenvalue weighted by Crippen LogP contribution is 2.14. The molecule has 0 aromatic carbocycles. The van der Waals surface area contributed by atoms with E-state index < -0.39 is 0 Å². The van der Waals surface area contributed by atoms with Crippen LogP contribution < -0.4 is 4.57 Å². The molecule has 0 aliphatic rings. The van der Waals surface area contributed by atoms with Crippen molar-refractivity contribution in [2.75, 3.05) is 0 Å². The molecule has 2 heteroatoms. The summed E-state index contributed by atoms with van der Waals surface area (Å²) in [6.07, 6.45) is 41.5. The molecule has 1 aromatic rings. The first-order chi connectivity index (χ1) is 17.8. The average Bonchev–Trinajstić information content (AvgIpc) is 3.27. The van der Waals surface area contributed by atoms with E-state index in [1.807, 2.05) is 0 Å². The summed E-state index contributed by atoms with van der Waals surface area (Å²) in [4.78, 5) is 0. The van der Waals surface area contributed by atoms with Crippen LogP contribution in [-0.4, -0.2) is 4.57 Å². The van der Waals surface area contributed by atoms with E-state index in [1.165, 1.54) is 180 Å². The SMILES string of the molecule is CCCCCCCCCCCCCCCCC[n+]1ccn(CCCCCC)c1CCCCCCCC. The predicted molar refractivity (Wildman–Crippen MR) is 161 cm³/mol. The number of hydrogen-bond donors (Lipinski definition) is 0. The Bertz CT molecular complexity index is 562. The summed E-state index contributed by atoms with van der Waals surface area (Å²) in [7, 11) is 0. The number of hydrogen-bond acceptors (Lipinski definition) is 0. The van der Waals surface area contributed by atoms with Crippen LogP contribution in [0.5, 0.6) is 0 Å². The lowest BCUT2D eigenvalue weighted by molar-refractivity contribution is -0.704. The molecule has 0 atom stereocenters. The van der Waals surface area contributed by atoms with Gasteiger partial charge in [-0.2, -0.15) is 0 Å². The van der Waals surface area contributed by atoms with Gasteiger partial charge in [0, 0.05) is 6.42 Å². The fourth-order valence-corrected chi connectivity index (χ4v) is 5.62. The van der Waals surface area contributed by atoms with E-state index in [0.717, 1.165) is 0 Å². The lowest BCUT2D eigenvalue weighted by Crippen LogP contribution is -2.37. The summed E-state index contributed by atoms with van der Waals surface area (Å²) in [5, 5.41) is 0. The summed E-state index contributed by atoms with van der Waals surface area (Å²) in [5.41, 5.74) is 0. The summed E-state index contributed by atoms with van der Waals surface area (Å²) >= 11 is 0. The van der Waals surface area contributed by atoms with Crippen molar-refractivity contribution in [3.63, 3.8) is 0 Å². The monoisotopic (exact) mass is 504 g/mol. The van der Waals surface area contributed by atoms with Crippen LogP contribution in [0.1, 0.15) is 187 Å². The summed E-state index contributed by atoms with van der Waals surface area (Å²) in [6.45, 7) is 9.38. The minimum Gasteiger partial charge on any atom is -0.234 e. The molecule has 0 radical (unpaired) electrons. The third-order valence-electron chi connectivity index (χ3n) is 8.10. The molecule has 36 heavy (non-hydrogen) atoms. The highest BCUT2D eigenvalue weighted by Gasteiger charge is 2.16. The quantitative estimate of drug-likeness (QED) is 0.0794. The zero-order chi connectivity index (χ0) is 25.9.